The van der Waals surface area contributed by atoms with Gasteiger partial charge < -0.3 is 16.0 Å². The van der Waals surface area contributed by atoms with E-state index in [-0.39, 0.29) is 11.9 Å². The maximum atomic E-state index is 12.4. The summed E-state index contributed by atoms with van der Waals surface area (Å²) in [6, 6.07) is 5.27. The Morgan fingerprint density at radius 2 is 2.21 bits per heavy atom. The summed E-state index contributed by atoms with van der Waals surface area (Å²) in [4.78, 5) is 25.5. The summed E-state index contributed by atoms with van der Waals surface area (Å²) in [5.41, 5.74) is 7.70. The molecule has 1 fully saturated rings. The zero-order chi connectivity index (χ0) is 13.4. The molecule has 1 saturated heterocycles. The number of primary amides is 1. The van der Waals surface area contributed by atoms with Crippen LogP contribution in [0.15, 0.2) is 18.2 Å². The molecular weight excluding hydrogens is 242 g/mol. The summed E-state index contributed by atoms with van der Waals surface area (Å²) in [5.74, 6) is -0.348. The summed E-state index contributed by atoms with van der Waals surface area (Å²) in [6.07, 6.45) is 2.77. The number of amides is 2. The molecule has 2 amide bonds. The highest BCUT2D eigenvalue weighted by molar-refractivity contribution is 6.01. The molecule has 0 aliphatic carbocycles. The Labute approximate surface area is 111 Å². The van der Waals surface area contributed by atoms with E-state index in [0.29, 0.717) is 12.1 Å². The van der Waals surface area contributed by atoms with Crippen molar-refractivity contribution in [3.63, 3.8) is 0 Å². The van der Waals surface area contributed by atoms with E-state index in [1.54, 1.807) is 17.0 Å². The minimum absolute atomic E-state index is 0.0804. The van der Waals surface area contributed by atoms with Crippen LogP contribution in [-0.4, -0.2) is 30.9 Å². The van der Waals surface area contributed by atoms with Crippen molar-refractivity contribution >= 4 is 17.5 Å². The van der Waals surface area contributed by atoms with Gasteiger partial charge in [0, 0.05) is 17.8 Å². The molecule has 0 radical (unpaired) electrons. The Morgan fingerprint density at radius 1 is 1.37 bits per heavy atom. The molecule has 0 aromatic heterocycles. The number of nitrogens with one attached hydrogen (secondary N) is 1. The van der Waals surface area contributed by atoms with Crippen LogP contribution in [0.2, 0.25) is 0 Å². The Morgan fingerprint density at radius 3 is 2.89 bits per heavy atom. The lowest BCUT2D eigenvalue weighted by molar-refractivity contribution is -0.120. The van der Waals surface area contributed by atoms with Gasteiger partial charge in [0.05, 0.1) is 6.04 Å². The van der Waals surface area contributed by atoms with Gasteiger partial charge in [0.25, 0.3) is 0 Å². The molecule has 3 rings (SSSR count). The summed E-state index contributed by atoms with van der Waals surface area (Å²) in [6.45, 7) is 1.59. The third-order valence-corrected chi connectivity index (χ3v) is 3.89. The van der Waals surface area contributed by atoms with Crippen molar-refractivity contribution in [2.45, 2.75) is 25.3 Å². The molecule has 2 aliphatic heterocycles. The predicted molar refractivity (Wildman–Crippen MR) is 72.0 cm³/mol. The van der Waals surface area contributed by atoms with Crippen molar-refractivity contribution in [2.75, 3.05) is 18.0 Å². The first-order chi connectivity index (χ1) is 9.16. The third-order valence-electron chi connectivity index (χ3n) is 3.89. The number of hydrogen-bond acceptors (Lipinski definition) is 3. The predicted octanol–water partition coefficient (Wildman–Crippen LogP) is 0.427. The van der Waals surface area contributed by atoms with Crippen molar-refractivity contribution in [3.8, 4) is 0 Å². The van der Waals surface area contributed by atoms with E-state index >= 15 is 0 Å². The third kappa shape index (κ3) is 2.10. The van der Waals surface area contributed by atoms with Crippen LogP contribution in [0.3, 0.4) is 0 Å². The van der Waals surface area contributed by atoms with Gasteiger partial charge in [-0.25, -0.2) is 0 Å². The fourth-order valence-corrected chi connectivity index (χ4v) is 2.84. The fraction of sp³-hybridized carbons (Fsp3) is 0.429. The minimum Gasteiger partial charge on any atom is -0.366 e. The first kappa shape index (κ1) is 12.2. The molecule has 1 atom stereocenters. The van der Waals surface area contributed by atoms with Gasteiger partial charge in [-0.1, -0.05) is 6.07 Å². The lowest BCUT2D eigenvalue weighted by Crippen LogP contribution is -2.43. The number of hydrogen-bond donors (Lipinski definition) is 2. The number of nitrogens with two attached hydrogens (primary N) is 1. The SMILES string of the molecule is NC(=O)c1ccc2c(c1)N(C(=O)[C@H]1CCCN1)CC2. The largest absolute Gasteiger partial charge is 0.366 e. The second-order valence-corrected chi connectivity index (χ2v) is 5.10. The summed E-state index contributed by atoms with van der Waals surface area (Å²) < 4.78 is 0. The van der Waals surface area contributed by atoms with Gasteiger partial charge >= 0.3 is 0 Å². The monoisotopic (exact) mass is 259 g/mol. The van der Waals surface area contributed by atoms with Crippen LogP contribution in [-0.2, 0) is 11.2 Å². The molecule has 2 heterocycles. The first-order valence-corrected chi connectivity index (χ1v) is 6.64. The molecule has 19 heavy (non-hydrogen) atoms. The Kier molecular flexibility index (Phi) is 2.98. The van der Waals surface area contributed by atoms with E-state index in [1.165, 1.54) is 0 Å². The Hall–Kier alpha value is -1.88. The van der Waals surface area contributed by atoms with Crippen molar-refractivity contribution in [2.24, 2.45) is 5.73 Å². The summed E-state index contributed by atoms with van der Waals surface area (Å²) >= 11 is 0. The number of anilines is 1. The Balaban J connectivity index is 1.89. The lowest BCUT2D eigenvalue weighted by Gasteiger charge is -2.21. The fourth-order valence-electron chi connectivity index (χ4n) is 2.84. The van der Waals surface area contributed by atoms with Gasteiger partial charge in [-0.2, -0.15) is 0 Å². The van der Waals surface area contributed by atoms with Crippen LogP contribution < -0.4 is 16.0 Å². The van der Waals surface area contributed by atoms with Gasteiger partial charge in [0.2, 0.25) is 11.8 Å². The van der Waals surface area contributed by atoms with E-state index in [0.717, 1.165) is 37.1 Å². The highest BCUT2D eigenvalue weighted by Crippen LogP contribution is 2.30. The van der Waals surface area contributed by atoms with E-state index in [1.807, 2.05) is 6.07 Å². The molecule has 1 aromatic carbocycles. The maximum absolute atomic E-state index is 12.4. The molecule has 100 valence electrons. The van der Waals surface area contributed by atoms with Gasteiger partial charge in [0.1, 0.15) is 0 Å². The standard InChI is InChI=1S/C14H17N3O2/c15-13(18)10-4-3-9-5-7-17(12(9)8-10)14(19)11-2-1-6-16-11/h3-4,8,11,16H,1-2,5-7H2,(H2,15,18)/t11-/m1/s1. The van der Waals surface area contributed by atoms with Crippen LogP contribution in [0.25, 0.3) is 0 Å². The second-order valence-electron chi connectivity index (χ2n) is 5.10. The highest BCUT2D eigenvalue weighted by atomic mass is 16.2. The molecule has 0 unspecified atom stereocenters. The van der Waals surface area contributed by atoms with Gasteiger partial charge in [-0.3, -0.25) is 9.59 Å². The average molecular weight is 259 g/mol. The zero-order valence-corrected chi connectivity index (χ0v) is 10.7. The smallest absolute Gasteiger partial charge is 0.248 e. The maximum Gasteiger partial charge on any atom is 0.248 e. The molecule has 1 aromatic rings. The van der Waals surface area contributed by atoms with Crippen LogP contribution in [0, 0.1) is 0 Å². The molecule has 0 spiro atoms. The molecular formula is C14H17N3O2. The number of fused-ring (bicyclic) bond motifs is 1. The minimum atomic E-state index is -0.457. The second kappa shape index (κ2) is 4.66. The van der Waals surface area contributed by atoms with Crippen LogP contribution >= 0.6 is 0 Å². The van der Waals surface area contributed by atoms with Crippen molar-refractivity contribution in [3.05, 3.63) is 29.3 Å². The molecule has 3 N–H and O–H groups in total. The molecule has 0 saturated carbocycles. The van der Waals surface area contributed by atoms with E-state index in [2.05, 4.69) is 5.32 Å². The topological polar surface area (TPSA) is 75.4 Å². The van der Waals surface area contributed by atoms with E-state index in [9.17, 15) is 9.59 Å². The summed E-state index contributed by atoms with van der Waals surface area (Å²) in [7, 11) is 0. The van der Waals surface area contributed by atoms with Crippen LogP contribution in [0.5, 0.6) is 0 Å². The zero-order valence-electron chi connectivity index (χ0n) is 10.7. The van der Waals surface area contributed by atoms with E-state index in [4.69, 9.17) is 5.73 Å². The molecule has 0 bridgehead atoms. The number of benzene rings is 1. The normalized spacial score (nSPS) is 21.5. The summed E-state index contributed by atoms with van der Waals surface area (Å²) in [5, 5.41) is 3.22. The quantitative estimate of drug-likeness (QED) is 0.808. The van der Waals surface area contributed by atoms with Crippen LogP contribution in [0.4, 0.5) is 5.69 Å². The number of carbonyl (C=O) groups excluding carboxylic acids is 2. The van der Waals surface area contributed by atoms with Crippen LogP contribution in [0.1, 0.15) is 28.8 Å². The first-order valence-electron chi connectivity index (χ1n) is 6.64. The lowest BCUT2D eigenvalue weighted by atomic mass is 10.1. The average Bonchev–Trinajstić information content (AvgIpc) is 3.06. The van der Waals surface area contributed by atoms with Crippen molar-refractivity contribution in [1.29, 1.82) is 0 Å². The molecule has 2 aliphatic rings. The van der Waals surface area contributed by atoms with Gasteiger partial charge in [0.15, 0.2) is 0 Å². The van der Waals surface area contributed by atoms with E-state index < -0.39 is 5.91 Å². The number of nitrogens with zero attached hydrogens (tertiary/aromatic N) is 1. The van der Waals surface area contributed by atoms with Crippen molar-refractivity contribution in [1.82, 2.24) is 5.32 Å². The van der Waals surface area contributed by atoms with Crippen molar-refractivity contribution < 1.29 is 9.59 Å². The number of rotatable bonds is 2. The molecule has 5 nitrogen and oxygen atoms in total. The molecule has 5 heteroatoms. The van der Waals surface area contributed by atoms with Gasteiger partial charge in [-0.15, -0.1) is 0 Å². The number of carbonyl (C=O) groups is 2. The van der Waals surface area contributed by atoms with Gasteiger partial charge in [-0.05, 0) is 43.5 Å². The Bertz CT molecular complexity index is 535. The highest BCUT2D eigenvalue weighted by Gasteiger charge is 2.31.